The van der Waals surface area contributed by atoms with Crippen LogP contribution < -0.4 is 80.8 Å². The minimum atomic E-state index is -1.37. The van der Waals surface area contributed by atoms with Gasteiger partial charge in [-0.1, -0.05) is 0 Å². The van der Waals surface area contributed by atoms with Crippen LogP contribution in [0.25, 0.3) is 0 Å². The molecule has 0 aromatic heterocycles. The Hall–Kier alpha value is -0.200. The minimum absolute atomic E-state index is 0. The van der Waals surface area contributed by atoms with Gasteiger partial charge in [-0.3, -0.25) is 9.59 Å². The SMILES string of the molecule is NCCN.O=C(O)CCC(=O)O.O=C([O-])CCC(=O)[O-].[Na+].[Na+]. The number of nitrogens with two attached hydrogens (primary N) is 2. The molecule has 0 saturated heterocycles. The molecule has 0 unspecified atom stereocenters. The van der Waals surface area contributed by atoms with Crippen molar-refractivity contribution in [2.45, 2.75) is 25.7 Å². The van der Waals surface area contributed by atoms with Gasteiger partial charge < -0.3 is 41.5 Å². The van der Waals surface area contributed by atoms with Crippen LogP contribution in [0, 0.1) is 0 Å². The molecule has 0 fully saturated rings. The number of carbonyl (C=O) groups excluding carboxylic acids is 2. The van der Waals surface area contributed by atoms with E-state index in [0.29, 0.717) is 13.1 Å². The first-order valence-corrected chi connectivity index (χ1v) is 5.40. The van der Waals surface area contributed by atoms with E-state index >= 15 is 0 Å². The molecule has 6 N–H and O–H groups in total. The molecule has 0 aliphatic rings. The first-order chi connectivity index (χ1) is 9.17. The molecule has 118 valence electrons. The second-order valence-corrected chi connectivity index (χ2v) is 3.11. The van der Waals surface area contributed by atoms with E-state index in [0.717, 1.165) is 0 Å². The Kier molecular flexibility index (Phi) is 39.1. The number of hydrogen-bond acceptors (Lipinski definition) is 8. The van der Waals surface area contributed by atoms with Crippen molar-refractivity contribution in [3.05, 3.63) is 0 Å². The van der Waals surface area contributed by atoms with Crippen LogP contribution in [-0.4, -0.2) is 47.2 Å². The third-order valence-corrected chi connectivity index (χ3v) is 1.25. The molecule has 0 aromatic rings. The summed E-state index contributed by atoms with van der Waals surface area (Å²) < 4.78 is 0. The van der Waals surface area contributed by atoms with Crippen molar-refractivity contribution in [2.24, 2.45) is 11.5 Å². The second kappa shape index (κ2) is 25.7. The fourth-order valence-electron chi connectivity index (χ4n) is 0.418. The van der Waals surface area contributed by atoms with Gasteiger partial charge in [0.15, 0.2) is 0 Å². The van der Waals surface area contributed by atoms with Crippen molar-refractivity contribution in [3.8, 4) is 0 Å². The zero-order valence-corrected chi connectivity index (χ0v) is 16.7. The molecule has 22 heavy (non-hydrogen) atoms. The molecule has 10 nitrogen and oxygen atoms in total. The van der Waals surface area contributed by atoms with Crippen LogP contribution in [0.15, 0.2) is 0 Å². The fraction of sp³-hybridized carbons (Fsp3) is 0.600. The summed E-state index contributed by atoms with van der Waals surface area (Å²) in [7, 11) is 0. The van der Waals surface area contributed by atoms with E-state index in [1.807, 2.05) is 0 Å². The zero-order chi connectivity index (χ0) is 16.6. The van der Waals surface area contributed by atoms with Crippen LogP contribution >= 0.6 is 0 Å². The standard InChI is InChI=1S/2C4H6O4.C2H8N2.2Na/c2*5-3(6)1-2-4(7)8;3-1-2-4;;/h2*1-2H2,(H,5,6)(H,7,8);1-4H2;;/q;;;2*+1/p-2. The Balaban J connectivity index is -0.0000000661. The van der Waals surface area contributed by atoms with Gasteiger partial charge in [0.2, 0.25) is 0 Å². The Bertz CT molecular complexity index is 257. The zero-order valence-electron chi connectivity index (χ0n) is 12.7. The van der Waals surface area contributed by atoms with Crippen LogP contribution in [0.1, 0.15) is 25.7 Å². The first kappa shape index (κ1) is 33.4. The molecule has 0 aromatic carbocycles. The molecule has 0 radical (unpaired) electrons. The summed E-state index contributed by atoms with van der Waals surface area (Å²) in [5.41, 5.74) is 9.81. The van der Waals surface area contributed by atoms with Gasteiger partial charge in [0.05, 0.1) is 12.8 Å². The first-order valence-electron chi connectivity index (χ1n) is 5.40. The summed E-state index contributed by atoms with van der Waals surface area (Å²) >= 11 is 0. The third-order valence-electron chi connectivity index (χ3n) is 1.25. The van der Waals surface area contributed by atoms with Crippen molar-refractivity contribution in [2.75, 3.05) is 13.1 Å². The molecule has 12 heteroatoms. The van der Waals surface area contributed by atoms with E-state index in [9.17, 15) is 29.4 Å². The summed E-state index contributed by atoms with van der Waals surface area (Å²) in [6, 6.07) is 0. The molecule has 0 amide bonds. The fourth-order valence-corrected chi connectivity index (χ4v) is 0.418. The number of carboxylic acid groups (broad SMARTS) is 4. The maximum absolute atomic E-state index is 9.64. The van der Waals surface area contributed by atoms with Gasteiger partial charge in [-0.25, -0.2) is 0 Å². The number of aliphatic carboxylic acids is 4. The Labute approximate surface area is 171 Å². The Morgan fingerprint density at radius 3 is 1.00 bits per heavy atom. The molecule has 0 aliphatic carbocycles. The van der Waals surface area contributed by atoms with E-state index in [1.54, 1.807) is 0 Å². The monoisotopic (exact) mass is 340 g/mol. The second-order valence-electron chi connectivity index (χ2n) is 3.11. The molecule has 0 bridgehead atoms. The number of hydrogen-bond donors (Lipinski definition) is 4. The van der Waals surface area contributed by atoms with Gasteiger partial charge in [-0.05, 0) is 12.8 Å². The summed E-state index contributed by atoms with van der Waals surface area (Å²) in [6.45, 7) is 1.19. The molecule has 0 spiro atoms. The molecule has 0 heterocycles. The van der Waals surface area contributed by atoms with Crippen LogP contribution in [0.2, 0.25) is 0 Å². The summed E-state index contributed by atoms with van der Waals surface area (Å²) in [6.07, 6.45) is -1.53. The van der Waals surface area contributed by atoms with E-state index in [-0.39, 0.29) is 72.0 Å². The number of carbonyl (C=O) groups is 4. The molecule has 0 rings (SSSR count). The molecule has 0 atom stereocenters. The van der Waals surface area contributed by atoms with E-state index in [1.165, 1.54) is 0 Å². The van der Waals surface area contributed by atoms with Gasteiger partial charge in [-0.15, -0.1) is 0 Å². The van der Waals surface area contributed by atoms with Gasteiger partial charge in [0, 0.05) is 25.0 Å². The summed E-state index contributed by atoms with van der Waals surface area (Å²) in [5, 5.41) is 34.8. The summed E-state index contributed by atoms with van der Waals surface area (Å²) in [4.78, 5) is 38.3. The normalized spacial score (nSPS) is 7.55. The number of rotatable bonds is 7. The third kappa shape index (κ3) is 60.0. The van der Waals surface area contributed by atoms with Gasteiger partial charge in [0.1, 0.15) is 0 Å². The minimum Gasteiger partial charge on any atom is -0.550 e. The molecular weight excluding hydrogens is 322 g/mol. The molecular formula is C10H18N2Na2O8. The Morgan fingerprint density at radius 1 is 0.682 bits per heavy atom. The van der Waals surface area contributed by atoms with Gasteiger partial charge in [0.25, 0.3) is 0 Å². The average Bonchev–Trinajstić information content (AvgIpc) is 2.35. The van der Waals surface area contributed by atoms with Crippen molar-refractivity contribution in [1.29, 1.82) is 0 Å². The Morgan fingerprint density at radius 2 is 0.909 bits per heavy atom. The van der Waals surface area contributed by atoms with Gasteiger partial charge >= 0.3 is 71.1 Å². The van der Waals surface area contributed by atoms with Crippen LogP contribution in [-0.2, 0) is 19.2 Å². The van der Waals surface area contributed by atoms with Crippen molar-refractivity contribution >= 4 is 23.9 Å². The molecule has 0 saturated carbocycles. The quantitative estimate of drug-likeness (QED) is 0.322. The van der Waals surface area contributed by atoms with Gasteiger partial charge in [-0.2, -0.15) is 0 Å². The average molecular weight is 340 g/mol. The van der Waals surface area contributed by atoms with Crippen molar-refractivity contribution < 1.29 is 98.7 Å². The van der Waals surface area contributed by atoms with E-state index in [4.69, 9.17) is 21.7 Å². The van der Waals surface area contributed by atoms with Crippen LogP contribution in [0.4, 0.5) is 0 Å². The van der Waals surface area contributed by atoms with Crippen molar-refractivity contribution in [1.82, 2.24) is 0 Å². The van der Waals surface area contributed by atoms with Crippen LogP contribution in [0.3, 0.4) is 0 Å². The number of carboxylic acids is 4. The smallest absolute Gasteiger partial charge is 0.550 e. The largest absolute Gasteiger partial charge is 1.00 e. The maximum Gasteiger partial charge on any atom is 1.00 e. The van der Waals surface area contributed by atoms with Crippen LogP contribution in [0.5, 0.6) is 0 Å². The summed E-state index contributed by atoms with van der Waals surface area (Å²) in [5.74, 6) is -4.89. The van der Waals surface area contributed by atoms with E-state index < -0.39 is 36.7 Å². The maximum atomic E-state index is 9.64. The predicted molar refractivity (Wildman–Crippen MR) is 61.9 cm³/mol. The predicted octanol–water partition coefficient (Wildman–Crippen LogP) is -9.89. The van der Waals surface area contributed by atoms with E-state index in [2.05, 4.69) is 0 Å². The molecule has 0 aliphatic heterocycles. The topological polar surface area (TPSA) is 207 Å². The van der Waals surface area contributed by atoms with Crippen molar-refractivity contribution in [3.63, 3.8) is 0 Å².